The zero-order valence-electron chi connectivity index (χ0n) is 13.3. The van der Waals surface area contributed by atoms with Gasteiger partial charge in [0.2, 0.25) is 0 Å². The fraction of sp³-hybridized carbons (Fsp3) is 0.250. The average Bonchev–Trinajstić information content (AvgIpc) is 3.05. The van der Waals surface area contributed by atoms with Gasteiger partial charge in [0.1, 0.15) is 0 Å². The second-order valence-electron chi connectivity index (χ2n) is 6.50. The lowest BCUT2D eigenvalue weighted by Gasteiger charge is -2.39. The van der Waals surface area contributed by atoms with E-state index in [9.17, 15) is 9.90 Å². The molecule has 0 saturated heterocycles. The third kappa shape index (κ3) is 2.23. The minimum absolute atomic E-state index is 0.0777. The molecule has 2 aromatic rings. The zero-order chi connectivity index (χ0) is 16.8. The highest BCUT2D eigenvalue weighted by Crippen LogP contribution is 2.51. The maximum atomic E-state index is 11.5. The molecule has 122 valence electrons. The van der Waals surface area contributed by atoms with Gasteiger partial charge in [0.25, 0.3) is 0 Å². The number of anilines is 1. The van der Waals surface area contributed by atoms with Crippen LogP contribution in [0.4, 0.5) is 5.69 Å². The molecule has 2 aromatic carbocycles. The highest BCUT2D eigenvalue weighted by Gasteiger charge is 2.39. The first-order valence-electron chi connectivity index (χ1n) is 8.12. The van der Waals surface area contributed by atoms with Gasteiger partial charge in [0.15, 0.2) is 0 Å². The number of hydrogen-bond acceptors (Lipinski definition) is 2. The van der Waals surface area contributed by atoms with Crippen LogP contribution in [0.1, 0.15) is 45.4 Å². The highest BCUT2D eigenvalue weighted by molar-refractivity contribution is 6.31. The van der Waals surface area contributed by atoms with Crippen LogP contribution in [0.15, 0.2) is 48.6 Å². The highest BCUT2D eigenvalue weighted by atomic mass is 35.5. The molecule has 0 aromatic heterocycles. The topological polar surface area (TPSA) is 49.3 Å². The number of rotatable bonds is 2. The zero-order valence-corrected chi connectivity index (χ0v) is 14.0. The Morgan fingerprint density at radius 2 is 2.00 bits per heavy atom. The van der Waals surface area contributed by atoms with Gasteiger partial charge in [-0.25, -0.2) is 4.79 Å². The number of carboxylic acids is 1. The number of benzene rings is 2. The van der Waals surface area contributed by atoms with Crippen LogP contribution in [-0.4, -0.2) is 11.1 Å². The summed E-state index contributed by atoms with van der Waals surface area (Å²) in [5.74, 6) is -0.202. The first-order chi connectivity index (χ1) is 11.6. The molecule has 1 aliphatic carbocycles. The van der Waals surface area contributed by atoms with Gasteiger partial charge in [-0.2, -0.15) is 0 Å². The van der Waals surface area contributed by atoms with E-state index in [0.717, 1.165) is 28.3 Å². The quantitative estimate of drug-likeness (QED) is 0.742. The van der Waals surface area contributed by atoms with E-state index >= 15 is 0 Å². The number of carboxylic acid groups (broad SMARTS) is 1. The molecule has 0 fully saturated rings. The lowest BCUT2D eigenvalue weighted by molar-refractivity contribution is 0.0696. The fourth-order valence-corrected chi connectivity index (χ4v) is 4.33. The lowest BCUT2D eigenvalue weighted by atomic mass is 9.76. The van der Waals surface area contributed by atoms with E-state index in [2.05, 4.69) is 23.5 Å². The molecular formula is C20H18ClNO2. The standard InChI is InChI=1S/C20H18ClNO2/c1-11-12(20(23)24)9-10-15-13-6-4-7-14(13)19(22-18(11)15)16-5-2-3-8-17(16)21/h2-6,8-10,13-14,19,22H,7H2,1H3,(H,23,24)/t13?,14?,19-/m1/s1. The predicted octanol–water partition coefficient (Wildman–Crippen LogP) is 5.17. The molecule has 0 radical (unpaired) electrons. The summed E-state index contributed by atoms with van der Waals surface area (Å²) < 4.78 is 0. The Morgan fingerprint density at radius 1 is 1.21 bits per heavy atom. The second-order valence-corrected chi connectivity index (χ2v) is 6.91. The Kier molecular flexibility index (Phi) is 3.61. The summed E-state index contributed by atoms with van der Waals surface area (Å²) >= 11 is 6.44. The summed E-state index contributed by atoms with van der Waals surface area (Å²) in [7, 11) is 0. The molecule has 0 bridgehead atoms. The van der Waals surface area contributed by atoms with E-state index < -0.39 is 5.97 Å². The molecule has 2 unspecified atom stereocenters. The molecule has 0 spiro atoms. The SMILES string of the molecule is Cc1c(C(=O)O)ccc2c1N[C@@H](c1ccccc1Cl)C1CC=CC21. The van der Waals surface area contributed by atoms with E-state index in [1.165, 1.54) is 5.56 Å². The number of halogens is 1. The maximum absolute atomic E-state index is 11.5. The van der Waals surface area contributed by atoms with Crippen LogP contribution < -0.4 is 5.32 Å². The van der Waals surface area contributed by atoms with Crippen molar-refractivity contribution in [1.29, 1.82) is 0 Å². The van der Waals surface area contributed by atoms with Crippen LogP contribution in [0.3, 0.4) is 0 Å². The molecular weight excluding hydrogens is 322 g/mol. The summed E-state index contributed by atoms with van der Waals surface area (Å²) in [5, 5.41) is 13.8. The first-order valence-corrected chi connectivity index (χ1v) is 8.50. The maximum Gasteiger partial charge on any atom is 0.336 e. The average molecular weight is 340 g/mol. The van der Waals surface area contributed by atoms with E-state index in [1.807, 2.05) is 31.2 Å². The normalized spacial score (nSPS) is 24.2. The molecule has 2 aliphatic rings. The van der Waals surface area contributed by atoms with Gasteiger partial charge in [-0.3, -0.25) is 0 Å². The number of allylic oxidation sites excluding steroid dienone is 2. The van der Waals surface area contributed by atoms with Crippen LogP contribution in [-0.2, 0) is 0 Å². The van der Waals surface area contributed by atoms with Crippen molar-refractivity contribution in [2.24, 2.45) is 5.92 Å². The molecule has 0 saturated carbocycles. The summed E-state index contributed by atoms with van der Waals surface area (Å²) in [6.07, 6.45) is 5.46. The van der Waals surface area contributed by atoms with Gasteiger partial charge in [-0.05, 0) is 48.1 Å². The monoisotopic (exact) mass is 339 g/mol. The largest absolute Gasteiger partial charge is 0.478 e. The summed E-state index contributed by atoms with van der Waals surface area (Å²) in [4.78, 5) is 11.5. The van der Waals surface area contributed by atoms with Crippen LogP contribution in [0.2, 0.25) is 5.02 Å². The summed E-state index contributed by atoms with van der Waals surface area (Å²) in [6.45, 7) is 1.87. The van der Waals surface area contributed by atoms with Crippen LogP contribution in [0, 0.1) is 12.8 Å². The minimum Gasteiger partial charge on any atom is -0.478 e. The van der Waals surface area contributed by atoms with Crippen molar-refractivity contribution in [3.05, 3.63) is 75.8 Å². The van der Waals surface area contributed by atoms with Gasteiger partial charge in [0, 0.05) is 16.6 Å². The number of hydrogen-bond donors (Lipinski definition) is 2. The number of nitrogens with one attached hydrogen (secondary N) is 1. The fourth-order valence-electron chi connectivity index (χ4n) is 4.08. The van der Waals surface area contributed by atoms with E-state index in [4.69, 9.17) is 11.6 Å². The van der Waals surface area contributed by atoms with Crippen molar-refractivity contribution >= 4 is 23.3 Å². The molecule has 4 rings (SSSR count). The van der Waals surface area contributed by atoms with Crippen LogP contribution in [0.5, 0.6) is 0 Å². The van der Waals surface area contributed by atoms with Crippen molar-refractivity contribution in [1.82, 2.24) is 0 Å². The molecule has 1 heterocycles. The van der Waals surface area contributed by atoms with Crippen molar-refractivity contribution in [3.8, 4) is 0 Å². The van der Waals surface area contributed by atoms with E-state index in [1.54, 1.807) is 6.07 Å². The summed E-state index contributed by atoms with van der Waals surface area (Å²) in [6, 6.07) is 11.6. The van der Waals surface area contributed by atoms with Gasteiger partial charge in [-0.1, -0.05) is 48.0 Å². The Balaban J connectivity index is 1.87. The molecule has 1 aliphatic heterocycles. The van der Waals surface area contributed by atoms with Gasteiger partial charge in [-0.15, -0.1) is 0 Å². The molecule has 4 heteroatoms. The van der Waals surface area contributed by atoms with Crippen molar-refractivity contribution in [3.63, 3.8) is 0 Å². The Bertz CT molecular complexity index is 859. The second kappa shape index (κ2) is 5.67. The Morgan fingerprint density at radius 3 is 2.75 bits per heavy atom. The molecule has 2 N–H and O–H groups in total. The Hall–Kier alpha value is -2.26. The van der Waals surface area contributed by atoms with Crippen LogP contribution >= 0.6 is 11.6 Å². The molecule has 3 atom stereocenters. The number of fused-ring (bicyclic) bond motifs is 3. The minimum atomic E-state index is -0.893. The van der Waals surface area contributed by atoms with Gasteiger partial charge in [0.05, 0.1) is 11.6 Å². The van der Waals surface area contributed by atoms with E-state index in [-0.39, 0.29) is 6.04 Å². The Labute approximate surface area is 146 Å². The van der Waals surface area contributed by atoms with Crippen molar-refractivity contribution in [2.75, 3.05) is 5.32 Å². The third-order valence-electron chi connectivity index (χ3n) is 5.27. The van der Waals surface area contributed by atoms with Crippen LogP contribution in [0.25, 0.3) is 0 Å². The predicted molar refractivity (Wildman–Crippen MR) is 95.9 cm³/mol. The first kappa shape index (κ1) is 15.3. The van der Waals surface area contributed by atoms with E-state index in [0.29, 0.717) is 17.4 Å². The number of carbonyl (C=O) groups is 1. The molecule has 0 amide bonds. The van der Waals surface area contributed by atoms with Gasteiger partial charge < -0.3 is 10.4 Å². The van der Waals surface area contributed by atoms with Gasteiger partial charge >= 0.3 is 5.97 Å². The lowest BCUT2D eigenvalue weighted by Crippen LogP contribution is -2.30. The number of aromatic carboxylic acids is 1. The van der Waals surface area contributed by atoms with Crippen molar-refractivity contribution in [2.45, 2.75) is 25.3 Å². The summed E-state index contributed by atoms with van der Waals surface area (Å²) in [5.41, 5.74) is 4.33. The smallest absolute Gasteiger partial charge is 0.336 e. The molecule has 3 nitrogen and oxygen atoms in total. The molecule has 24 heavy (non-hydrogen) atoms. The van der Waals surface area contributed by atoms with Crippen molar-refractivity contribution < 1.29 is 9.90 Å². The third-order valence-corrected chi connectivity index (χ3v) is 5.61.